The maximum absolute atomic E-state index is 12.8. The van der Waals surface area contributed by atoms with Gasteiger partial charge in [-0.05, 0) is 17.7 Å². The number of aromatic amines is 1. The Labute approximate surface area is 154 Å². The number of hydrogen-bond donors (Lipinski definition) is 3. The lowest BCUT2D eigenvalue weighted by atomic mass is 9.79. The number of rotatable bonds is 3. The number of hydrogen-bond acceptors (Lipinski definition) is 5. The summed E-state index contributed by atoms with van der Waals surface area (Å²) in [5.74, 6) is -1.77. The average Bonchev–Trinajstić information content (AvgIpc) is 2.68. The topological polar surface area (TPSA) is 111 Å². The van der Waals surface area contributed by atoms with Crippen LogP contribution in [0.3, 0.4) is 0 Å². The molecule has 132 valence electrons. The molecular weight excluding hydrogens is 342 g/mol. The number of para-hydroxylation sites is 1. The number of nitrogens with one attached hydrogen (secondary N) is 3. The first-order valence-electron chi connectivity index (χ1n) is 8.39. The third kappa shape index (κ3) is 3.04. The normalized spacial score (nSPS) is 18.1. The van der Waals surface area contributed by atoms with E-state index in [1.165, 1.54) is 0 Å². The van der Waals surface area contributed by atoms with Gasteiger partial charge in [0.15, 0.2) is 0 Å². The van der Waals surface area contributed by atoms with Crippen LogP contribution in [0.4, 0.5) is 17.5 Å². The Balaban J connectivity index is 1.82. The van der Waals surface area contributed by atoms with E-state index in [1.54, 1.807) is 12.1 Å². The van der Waals surface area contributed by atoms with E-state index in [4.69, 9.17) is 0 Å². The van der Waals surface area contributed by atoms with Crippen molar-refractivity contribution in [3.63, 3.8) is 0 Å². The van der Waals surface area contributed by atoms with E-state index >= 15 is 0 Å². The number of carbonyl (C=O) groups is 1. The minimum atomic E-state index is -1.00. The van der Waals surface area contributed by atoms with Crippen molar-refractivity contribution in [2.75, 3.05) is 10.6 Å². The number of carbonyl (C=O) groups excluding carboxylic acids is 1. The maximum atomic E-state index is 12.8. The van der Waals surface area contributed by atoms with Crippen LogP contribution in [0.5, 0.6) is 0 Å². The Hall–Kier alpha value is -3.92. The number of H-pyrrole nitrogens is 1. The second kappa shape index (κ2) is 6.77. The van der Waals surface area contributed by atoms with E-state index in [9.17, 15) is 14.9 Å². The van der Waals surface area contributed by atoms with Crippen molar-refractivity contribution in [1.82, 2.24) is 9.97 Å². The molecule has 1 amide bonds. The molecule has 27 heavy (non-hydrogen) atoms. The number of fused-ring (bicyclic) bond motifs is 1. The van der Waals surface area contributed by atoms with Gasteiger partial charge in [-0.25, -0.2) is 0 Å². The zero-order chi connectivity index (χ0) is 18.8. The molecule has 0 fully saturated rings. The predicted molar refractivity (Wildman–Crippen MR) is 101 cm³/mol. The molecule has 0 radical (unpaired) electrons. The number of aromatic nitrogens is 2. The lowest BCUT2D eigenvalue weighted by molar-refractivity contribution is -0.119. The highest BCUT2D eigenvalue weighted by atomic mass is 16.2. The van der Waals surface area contributed by atoms with Gasteiger partial charge in [0.25, 0.3) is 5.56 Å². The molecule has 2 aromatic carbocycles. The maximum Gasteiger partial charge on any atom is 0.258 e. The molecule has 1 aromatic heterocycles. The first kappa shape index (κ1) is 16.5. The van der Waals surface area contributed by atoms with Crippen molar-refractivity contribution in [2.45, 2.75) is 5.92 Å². The van der Waals surface area contributed by atoms with E-state index < -0.39 is 23.3 Å². The van der Waals surface area contributed by atoms with Gasteiger partial charge in [-0.15, -0.1) is 0 Å². The summed E-state index contributed by atoms with van der Waals surface area (Å²) in [7, 11) is 0. The van der Waals surface area contributed by atoms with Gasteiger partial charge >= 0.3 is 0 Å². The number of nitriles is 1. The Morgan fingerprint density at radius 3 is 2.33 bits per heavy atom. The molecule has 0 saturated heterocycles. The minimum Gasteiger partial charge on any atom is -0.326 e. The molecule has 2 unspecified atom stereocenters. The Morgan fingerprint density at radius 2 is 1.67 bits per heavy atom. The first-order chi connectivity index (χ1) is 13.2. The van der Waals surface area contributed by atoms with E-state index in [0.717, 1.165) is 11.3 Å². The number of benzene rings is 2. The molecule has 3 aromatic rings. The molecule has 3 N–H and O–H groups in total. The standard InChI is InChI=1S/C20H15N5O2/c21-11-14-15(12-7-3-1-4-8-12)16-17(23-18(14)26)24-20(25-19(16)27)22-13-9-5-2-6-10-13/h1-10,14-15H,(H3,22,23,24,25,26,27). The predicted octanol–water partition coefficient (Wildman–Crippen LogP) is 2.74. The summed E-state index contributed by atoms with van der Waals surface area (Å²) in [6.45, 7) is 0. The zero-order valence-electron chi connectivity index (χ0n) is 14.1. The lowest BCUT2D eigenvalue weighted by Gasteiger charge is -2.28. The van der Waals surface area contributed by atoms with Crippen LogP contribution in [-0.4, -0.2) is 15.9 Å². The number of amides is 1. The monoisotopic (exact) mass is 357 g/mol. The second-order valence-corrected chi connectivity index (χ2v) is 6.15. The molecular formula is C20H15N5O2. The Kier molecular flexibility index (Phi) is 4.15. The smallest absolute Gasteiger partial charge is 0.258 e. The molecule has 2 heterocycles. The molecule has 7 heteroatoms. The summed E-state index contributed by atoms with van der Waals surface area (Å²) in [5.41, 5.74) is 1.35. The fourth-order valence-electron chi connectivity index (χ4n) is 3.25. The van der Waals surface area contributed by atoms with Crippen molar-refractivity contribution in [1.29, 1.82) is 5.26 Å². The number of nitrogens with zero attached hydrogens (tertiary/aromatic N) is 2. The third-order valence-electron chi connectivity index (χ3n) is 4.46. The van der Waals surface area contributed by atoms with Gasteiger partial charge < -0.3 is 10.6 Å². The molecule has 7 nitrogen and oxygen atoms in total. The van der Waals surface area contributed by atoms with Gasteiger partial charge in [0.2, 0.25) is 11.9 Å². The quantitative estimate of drug-likeness (QED) is 0.667. The van der Waals surface area contributed by atoms with Gasteiger partial charge in [-0.1, -0.05) is 48.5 Å². The second-order valence-electron chi connectivity index (χ2n) is 6.15. The summed E-state index contributed by atoms with van der Waals surface area (Å²) < 4.78 is 0. The average molecular weight is 357 g/mol. The Morgan fingerprint density at radius 1 is 1.00 bits per heavy atom. The van der Waals surface area contributed by atoms with Crippen LogP contribution in [0.15, 0.2) is 65.5 Å². The molecule has 4 rings (SSSR count). The van der Waals surface area contributed by atoms with Crippen LogP contribution in [0, 0.1) is 17.2 Å². The molecule has 0 spiro atoms. The SMILES string of the molecule is N#CC1C(=O)Nc2nc(Nc3ccccc3)[nH]c(=O)c2C1c1ccccc1. The van der Waals surface area contributed by atoms with Crippen LogP contribution in [0.1, 0.15) is 17.0 Å². The van der Waals surface area contributed by atoms with Gasteiger partial charge in [0, 0.05) is 11.6 Å². The van der Waals surface area contributed by atoms with Gasteiger partial charge in [0.05, 0.1) is 11.6 Å². The molecule has 0 bridgehead atoms. The van der Waals surface area contributed by atoms with Crippen LogP contribution in [0.25, 0.3) is 0 Å². The van der Waals surface area contributed by atoms with Crippen molar-refractivity contribution >= 4 is 23.4 Å². The Bertz CT molecular complexity index is 1090. The largest absolute Gasteiger partial charge is 0.326 e. The third-order valence-corrected chi connectivity index (χ3v) is 4.46. The van der Waals surface area contributed by atoms with Gasteiger partial charge in [0.1, 0.15) is 11.7 Å². The highest BCUT2D eigenvalue weighted by Gasteiger charge is 2.40. The van der Waals surface area contributed by atoms with Crippen LogP contribution in [0.2, 0.25) is 0 Å². The first-order valence-corrected chi connectivity index (χ1v) is 8.39. The molecule has 1 aliphatic rings. The minimum absolute atomic E-state index is 0.169. The molecule has 0 saturated carbocycles. The molecule has 0 aliphatic carbocycles. The summed E-state index contributed by atoms with van der Waals surface area (Å²) in [4.78, 5) is 32.3. The number of anilines is 3. The van der Waals surface area contributed by atoms with Crippen molar-refractivity contribution in [2.24, 2.45) is 5.92 Å². The van der Waals surface area contributed by atoms with Crippen LogP contribution < -0.4 is 16.2 Å². The van der Waals surface area contributed by atoms with E-state index in [0.29, 0.717) is 0 Å². The summed E-state index contributed by atoms with van der Waals surface area (Å²) in [5, 5.41) is 15.1. The molecule has 2 atom stereocenters. The van der Waals surface area contributed by atoms with Crippen molar-refractivity contribution < 1.29 is 4.79 Å². The van der Waals surface area contributed by atoms with Crippen LogP contribution >= 0.6 is 0 Å². The van der Waals surface area contributed by atoms with Crippen LogP contribution in [-0.2, 0) is 4.79 Å². The lowest BCUT2D eigenvalue weighted by Crippen LogP contribution is -2.38. The fourth-order valence-corrected chi connectivity index (χ4v) is 3.25. The zero-order valence-corrected chi connectivity index (χ0v) is 14.1. The highest BCUT2D eigenvalue weighted by molar-refractivity contribution is 5.98. The van der Waals surface area contributed by atoms with E-state index in [-0.39, 0.29) is 17.3 Å². The fraction of sp³-hybridized carbons (Fsp3) is 0.100. The van der Waals surface area contributed by atoms with E-state index in [1.807, 2.05) is 54.6 Å². The highest BCUT2D eigenvalue weighted by Crippen LogP contribution is 2.37. The van der Waals surface area contributed by atoms with Crippen molar-refractivity contribution in [3.05, 3.63) is 82.1 Å². The summed E-state index contributed by atoms with van der Waals surface area (Å²) in [6, 6.07) is 20.3. The van der Waals surface area contributed by atoms with E-state index in [2.05, 4.69) is 20.6 Å². The molecule has 1 aliphatic heterocycles. The van der Waals surface area contributed by atoms with Crippen molar-refractivity contribution in [3.8, 4) is 6.07 Å². The van der Waals surface area contributed by atoms with Gasteiger partial charge in [-0.3, -0.25) is 14.6 Å². The summed E-state index contributed by atoms with van der Waals surface area (Å²) >= 11 is 0. The summed E-state index contributed by atoms with van der Waals surface area (Å²) in [6.07, 6.45) is 0. The van der Waals surface area contributed by atoms with Gasteiger partial charge in [-0.2, -0.15) is 10.2 Å².